The molecular weight excluding hydrogens is 248 g/mol. The molecule has 104 valence electrons. The van der Waals surface area contributed by atoms with Crippen molar-refractivity contribution in [2.24, 2.45) is 0 Å². The fraction of sp³-hybridized carbons (Fsp3) is 0.294. The number of benzene rings is 1. The fourth-order valence-electron chi connectivity index (χ4n) is 2.05. The Morgan fingerprint density at radius 3 is 2.40 bits per heavy atom. The van der Waals surface area contributed by atoms with Gasteiger partial charge in [-0.2, -0.15) is 0 Å². The number of amides is 1. The van der Waals surface area contributed by atoms with E-state index in [0.717, 1.165) is 24.9 Å². The number of carbonyl (C=O) groups is 1. The lowest BCUT2D eigenvalue weighted by atomic mass is 10.2. The normalized spacial score (nSPS) is 10.2. The van der Waals surface area contributed by atoms with E-state index in [0.29, 0.717) is 13.0 Å². The third-order valence-electron chi connectivity index (χ3n) is 3.18. The van der Waals surface area contributed by atoms with Crippen LogP contribution in [0.15, 0.2) is 60.9 Å². The lowest BCUT2D eigenvalue weighted by molar-refractivity contribution is -0.697. The van der Waals surface area contributed by atoms with Gasteiger partial charge in [-0.3, -0.25) is 4.79 Å². The van der Waals surface area contributed by atoms with E-state index < -0.39 is 0 Å². The third-order valence-corrected chi connectivity index (χ3v) is 3.18. The SMILES string of the molecule is O=C(CCCC[n+]1ccccc1)NCc1ccccc1. The largest absolute Gasteiger partial charge is 0.352 e. The molecule has 0 aliphatic heterocycles. The number of hydrogen-bond acceptors (Lipinski definition) is 1. The van der Waals surface area contributed by atoms with Gasteiger partial charge in [-0.15, -0.1) is 0 Å². The van der Waals surface area contributed by atoms with Gasteiger partial charge in [0, 0.05) is 31.5 Å². The van der Waals surface area contributed by atoms with E-state index in [-0.39, 0.29) is 5.91 Å². The van der Waals surface area contributed by atoms with Crippen LogP contribution in [0.25, 0.3) is 0 Å². The van der Waals surface area contributed by atoms with Crippen LogP contribution in [0.3, 0.4) is 0 Å². The molecule has 1 heterocycles. The number of aryl methyl sites for hydroxylation is 1. The maximum atomic E-state index is 11.7. The van der Waals surface area contributed by atoms with Gasteiger partial charge in [0.05, 0.1) is 0 Å². The summed E-state index contributed by atoms with van der Waals surface area (Å²) in [5.74, 6) is 0.131. The number of nitrogens with zero attached hydrogens (tertiary/aromatic N) is 1. The Kier molecular flexibility index (Phi) is 5.77. The topological polar surface area (TPSA) is 33.0 Å². The minimum absolute atomic E-state index is 0.131. The minimum Gasteiger partial charge on any atom is -0.352 e. The molecule has 0 aliphatic rings. The second-order valence-electron chi connectivity index (χ2n) is 4.83. The first-order chi connectivity index (χ1) is 9.84. The molecule has 1 aromatic carbocycles. The van der Waals surface area contributed by atoms with Gasteiger partial charge in [-0.1, -0.05) is 36.4 Å². The number of carbonyl (C=O) groups excluding carboxylic acids is 1. The summed E-state index contributed by atoms with van der Waals surface area (Å²) in [6, 6.07) is 16.0. The van der Waals surface area contributed by atoms with E-state index in [9.17, 15) is 4.79 Å². The summed E-state index contributed by atoms with van der Waals surface area (Å²) in [6.45, 7) is 1.58. The Morgan fingerprint density at radius 2 is 1.65 bits per heavy atom. The van der Waals surface area contributed by atoms with Crippen molar-refractivity contribution in [1.29, 1.82) is 0 Å². The molecule has 0 aliphatic carbocycles. The molecule has 20 heavy (non-hydrogen) atoms. The van der Waals surface area contributed by atoms with E-state index in [1.165, 1.54) is 0 Å². The van der Waals surface area contributed by atoms with Crippen molar-refractivity contribution in [2.45, 2.75) is 32.4 Å². The first kappa shape index (κ1) is 14.3. The van der Waals surface area contributed by atoms with Gasteiger partial charge in [0.25, 0.3) is 0 Å². The molecule has 0 radical (unpaired) electrons. The summed E-state index contributed by atoms with van der Waals surface area (Å²) >= 11 is 0. The number of unbranched alkanes of at least 4 members (excludes halogenated alkanes) is 1. The monoisotopic (exact) mass is 269 g/mol. The molecule has 1 aromatic heterocycles. The number of rotatable bonds is 7. The molecule has 0 bridgehead atoms. The van der Waals surface area contributed by atoms with Crippen LogP contribution >= 0.6 is 0 Å². The summed E-state index contributed by atoms with van der Waals surface area (Å²) in [5.41, 5.74) is 1.14. The molecule has 0 spiro atoms. The lowest BCUT2D eigenvalue weighted by Crippen LogP contribution is -2.32. The van der Waals surface area contributed by atoms with Gasteiger partial charge >= 0.3 is 0 Å². The zero-order valence-electron chi connectivity index (χ0n) is 11.7. The van der Waals surface area contributed by atoms with Crippen molar-refractivity contribution in [1.82, 2.24) is 5.32 Å². The third kappa shape index (κ3) is 5.22. The predicted molar refractivity (Wildman–Crippen MR) is 78.8 cm³/mol. The average molecular weight is 269 g/mol. The highest BCUT2D eigenvalue weighted by Gasteiger charge is 2.03. The minimum atomic E-state index is 0.131. The average Bonchev–Trinajstić information content (AvgIpc) is 2.52. The van der Waals surface area contributed by atoms with E-state index in [4.69, 9.17) is 0 Å². The molecule has 2 rings (SSSR count). The molecule has 3 nitrogen and oxygen atoms in total. The van der Waals surface area contributed by atoms with Crippen molar-refractivity contribution in [3.8, 4) is 0 Å². The fourth-order valence-corrected chi connectivity index (χ4v) is 2.05. The zero-order valence-corrected chi connectivity index (χ0v) is 11.7. The maximum absolute atomic E-state index is 11.7. The van der Waals surface area contributed by atoms with Crippen LogP contribution in [0.2, 0.25) is 0 Å². The van der Waals surface area contributed by atoms with Crippen LogP contribution in [0.1, 0.15) is 24.8 Å². The standard InChI is InChI=1S/C17H20N2O/c20-17(18-15-16-9-3-1-4-10-16)11-5-8-14-19-12-6-2-7-13-19/h1-4,6-7,9-10,12-13H,5,8,11,14-15H2/p+1. The van der Waals surface area contributed by atoms with Gasteiger partial charge in [-0.25, -0.2) is 4.57 Å². The smallest absolute Gasteiger partial charge is 0.220 e. The van der Waals surface area contributed by atoms with Gasteiger partial charge in [-0.05, 0) is 12.0 Å². The summed E-state index contributed by atoms with van der Waals surface area (Å²) in [5, 5.41) is 2.95. The van der Waals surface area contributed by atoms with Gasteiger partial charge in [0.2, 0.25) is 5.91 Å². The zero-order chi connectivity index (χ0) is 14.0. The number of aromatic nitrogens is 1. The molecule has 1 amide bonds. The quantitative estimate of drug-likeness (QED) is 0.608. The molecule has 0 saturated carbocycles. The molecule has 3 heteroatoms. The first-order valence-corrected chi connectivity index (χ1v) is 7.09. The van der Waals surface area contributed by atoms with E-state index in [1.807, 2.05) is 48.5 Å². The number of nitrogens with one attached hydrogen (secondary N) is 1. The second kappa shape index (κ2) is 8.10. The lowest BCUT2D eigenvalue weighted by Gasteiger charge is -2.04. The first-order valence-electron chi connectivity index (χ1n) is 7.09. The molecule has 0 unspecified atom stereocenters. The Morgan fingerprint density at radius 1 is 0.950 bits per heavy atom. The molecule has 0 saturated heterocycles. The Balaban J connectivity index is 1.59. The van der Waals surface area contributed by atoms with E-state index in [2.05, 4.69) is 22.3 Å². The Bertz CT molecular complexity index is 511. The van der Waals surface area contributed by atoms with Crippen molar-refractivity contribution >= 4 is 5.91 Å². The number of hydrogen-bond donors (Lipinski definition) is 1. The van der Waals surface area contributed by atoms with Crippen molar-refractivity contribution < 1.29 is 9.36 Å². The van der Waals surface area contributed by atoms with Gasteiger partial charge < -0.3 is 5.32 Å². The highest BCUT2D eigenvalue weighted by molar-refractivity contribution is 5.75. The summed E-state index contributed by atoms with van der Waals surface area (Å²) < 4.78 is 2.14. The molecule has 1 N–H and O–H groups in total. The molecular formula is C17H21N2O+. The van der Waals surface area contributed by atoms with Crippen molar-refractivity contribution in [3.63, 3.8) is 0 Å². The van der Waals surface area contributed by atoms with Crippen molar-refractivity contribution in [2.75, 3.05) is 0 Å². The van der Waals surface area contributed by atoms with E-state index >= 15 is 0 Å². The van der Waals surface area contributed by atoms with Crippen molar-refractivity contribution in [3.05, 3.63) is 66.5 Å². The predicted octanol–water partition coefficient (Wildman–Crippen LogP) is 2.46. The molecule has 0 fully saturated rings. The van der Waals surface area contributed by atoms with Gasteiger partial charge in [0.15, 0.2) is 12.4 Å². The summed E-state index contributed by atoms with van der Waals surface area (Å²) in [7, 11) is 0. The maximum Gasteiger partial charge on any atom is 0.220 e. The number of pyridine rings is 1. The summed E-state index contributed by atoms with van der Waals surface area (Å²) in [6.07, 6.45) is 6.64. The second-order valence-corrected chi connectivity index (χ2v) is 4.83. The van der Waals surface area contributed by atoms with Crippen LogP contribution in [0.5, 0.6) is 0 Å². The van der Waals surface area contributed by atoms with E-state index in [1.54, 1.807) is 0 Å². The summed E-state index contributed by atoms with van der Waals surface area (Å²) in [4.78, 5) is 11.7. The Hall–Kier alpha value is -2.16. The van der Waals surface area contributed by atoms with Crippen LogP contribution in [0, 0.1) is 0 Å². The van der Waals surface area contributed by atoms with Crippen LogP contribution in [0.4, 0.5) is 0 Å². The molecule has 0 atom stereocenters. The highest BCUT2D eigenvalue weighted by atomic mass is 16.1. The Labute approximate surface area is 120 Å². The van der Waals surface area contributed by atoms with Crippen LogP contribution in [-0.4, -0.2) is 5.91 Å². The van der Waals surface area contributed by atoms with Crippen LogP contribution < -0.4 is 9.88 Å². The highest BCUT2D eigenvalue weighted by Crippen LogP contribution is 1.99. The van der Waals surface area contributed by atoms with Gasteiger partial charge in [0.1, 0.15) is 6.54 Å². The molecule has 2 aromatic rings. The van der Waals surface area contributed by atoms with Crippen LogP contribution in [-0.2, 0) is 17.9 Å².